The molecule has 0 unspecified atom stereocenters. The maximum Gasteiger partial charge on any atom is 0.115 e. The second-order valence-electron chi connectivity index (χ2n) is 3.83. The van der Waals surface area contributed by atoms with Crippen LogP contribution in [0.2, 0.25) is 0 Å². The number of hydrogen-bond acceptors (Lipinski definition) is 3. The fourth-order valence-corrected chi connectivity index (χ4v) is 2.11. The van der Waals surface area contributed by atoms with E-state index in [4.69, 9.17) is 5.26 Å². The molecule has 90 valence electrons. The van der Waals surface area contributed by atoms with Gasteiger partial charge in [-0.15, -0.1) is 0 Å². The van der Waals surface area contributed by atoms with Gasteiger partial charge in [-0.1, -0.05) is 12.1 Å². The molecule has 3 nitrogen and oxygen atoms in total. The van der Waals surface area contributed by atoms with Gasteiger partial charge in [0, 0.05) is 16.7 Å². The maximum atomic E-state index is 9.36. The Labute approximate surface area is 114 Å². The van der Waals surface area contributed by atoms with Crippen LogP contribution < -0.4 is 5.32 Å². The van der Waals surface area contributed by atoms with Gasteiger partial charge in [0.25, 0.3) is 0 Å². The number of anilines is 1. The van der Waals surface area contributed by atoms with Gasteiger partial charge in [0.2, 0.25) is 0 Å². The van der Waals surface area contributed by atoms with Gasteiger partial charge in [0.1, 0.15) is 5.75 Å². The van der Waals surface area contributed by atoms with E-state index < -0.39 is 0 Å². The minimum absolute atomic E-state index is 0.258. The number of benzene rings is 2. The first kappa shape index (κ1) is 12.5. The van der Waals surface area contributed by atoms with Gasteiger partial charge >= 0.3 is 0 Å². The first-order chi connectivity index (χ1) is 8.69. The lowest BCUT2D eigenvalue weighted by Gasteiger charge is -2.09. The largest absolute Gasteiger partial charge is 0.508 e. The number of nitrogens with one attached hydrogen (secondary N) is 1. The summed E-state index contributed by atoms with van der Waals surface area (Å²) in [5.41, 5.74) is 2.52. The van der Waals surface area contributed by atoms with Crippen molar-refractivity contribution in [2.24, 2.45) is 0 Å². The summed E-state index contributed by atoms with van der Waals surface area (Å²) in [7, 11) is 0. The molecular formula is C14H11BrN2O. The molecule has 0 radical (unpaired) electrons. The van der Waals surface area contributed by atoms with Crippen LogP contribution in [0.15, 0.2) is 46.9 Å². The molecule has 2 rings (SSSR count). The number of hydrogen-bond donors (Lipinski definition) is 2. The molecule has 0 saturated carbocycles. The first-order valence-electron chi connectivity index (χ1n) is 5.40. The predicted octanol–water partition coefficient (Wildman–Crippen LogP) is 3.64. The molecule has 0 saturated heterocycles. The molecule has 0 heterocycles. The first-order valence-corrected chi connectivity index (χ1v) is 6.20. The van der Waals surface area contributed by atoms with E-state index in [0.29, 0.717) is 12.1 Å². The highest BCUT2D eigenvalue weighted by atomic mass is 79.9. The highest BCUT2D eigenvalue weighted by Crippen LogP contribution is 2.24. The average molecular weight is 303 g/mol. The van der Waals surface area contributed by atoms with E-state index in [9.17, 15) is 5.11 Å². The summed E-state index contributed by atoms with van der Waals surface area (Å²) in [5.74, 6) is 0.258. The van der Waals surface area contributed by atoms with Gasteiger partial charge < -0.3 is 10.4 Å². The minimum Gasteiger partial charge on any atom is -0.508 e. The van der Waals surface area contributed by atoms with Crippen molar-refractivity contribution in [2.75, 3.05) is 5.32 Å². The zero-order chi connectivity index (χ0) is 13.0. The van der Waals surface area contributed by atoms with E-state index in [-0.39, 0.29) is 5.75 Å². The molecule has 0 atom stereocenters. The second-order valence-corrected chi connectivity index (χ2v) is 4.68. The Balaban J connectivity index is 2.09. The highest BCUT2D eigenvalue weighted by Gasteiger charge is 2.01. The molecule has 0 amide bonds. The molecular weight excluding hydrogens is 292 g/mol. The van der Waals surface area contributed by atoms with E-state index in [1.807, 2.05) is 12.1 Å². The number of nitrogens with zero attached hydrogens (tertiary/aromatic N) is 1. The van der Waals surface area contributed by atoms with Gasteiger partial charge in [-0.05, 0) is 51.8 Å². The van der Waals surface area contributed by atoms with Crippen molar-refractivity contribution in [3.05, 3.63) is 58.1 Å². The van der Waals surface area contributed by atoms with Crippen molar-refractivity contribution in [3.63, 3.8) is 0 Å². The van der Waals surface area contributed by atoms with E-state index in [1.54, 1.807) is 30.3 Å². The SMILES string of the molecule is N#Cc1ccc(NCc2cccc(O)c2)c(Br)c1. The smallest absolute Gasteiger partial charge is 0.115 e. The van der Waals surface area contributed by atoms with Crippen LogP contribution >= 0.6 is 15.9 Å². The lowest BCUT2D eigenvalue weighted by Crippen LogP contribution is -1.99. The molecule has 2 aromatic rings. The average Bonchev–Trinajstić information content (AvgIpc) is 2.37. The normalized spacial score (nSPS) is 9.78. The van der Waals surface area contributed by atoms with Gasteiger partial charge in [-0.2, -0.15) is 5.26 Å². The fourth-order valence-electron chi connectivity index (χ4n) is 1.59. The van der Waals surface area contributed by atoms with Crippen LogP contribution in [0.4, 0.5) is 5.69 Å². The van der Waals surface area contributed by atoms with Gasteiger partial charge in [0.15, 0.2) is 0 Å². The van der Waals surface area contributed by atoms with Gasteiger partial charge in [-0.25, -0.2) is 0 Å². The predicted molar refractivity (Wildman–Crippen MR) is 74.3 cm³/mol. The number of phenols is 1. The van der Waals surface area contributed by atoms with Crippen LogP contribution in [0.5, 0.6) is 5.75 Å². The van der Waals surface area contributed by atoms with Gasteiger partial charge in [-0.3, -0.25) is 0 Å². The standard InChI is InChI=1S/C14H11BrN2O/c15-13-7-10(8-16)4-5-14(13)17-9-11-2-1-3-12(18)6-11/h1-7,17-18H,9H2. The number of phenolic OH excluding ortho intramolecular Hbond substituents is 1. The van der Waals surface area contributed by atoms with E-state index in [0.717, 1.165) is 15.7 Å². The van der Waals surface area contributed by atoms with Crippen LogP contribution in [0, 0.1) is 11.3 Å². The third-order valence-corrected chi connectivity index (χ3v) is 3.15. The topological polar surface area (TPSA) is 56.0 Å². The van der Waals surface area contributed by atoms with Crippen LogP contribution in [0.25, 0.3) is 0 Å². The van der Waals surface area contributed by atoms with E-state index >= 15 is 0 Å². The molecule has 0 aliphatic rings. The molecule has 4 heteroatoms. The molecule has 0 bridgehead atoms. The summed E-state index contributed by atoms with van der Waals surface area (Å²) in [4.78, 5) is 0. The molecule has 18 heavy (non-hydrogen) atoms. The summed E-state index contributed by atoms with van der Waals surface area (Å²) in [6.07, 6.45) is 0. The second kappa shape index (κ2) is 5.56. The Morgan fingerprint density at radius 3 is 2.72 bits per heavy atom. The van der Waals surface area contributed by atoms with Crippen molar-refractivity contribution in [3.8, 4) is 11.8 Å². The molecule has 0 aromatic heterocycles. The Morgan fingerprint density at radius 2 is 2.06 bits per heavy atom. The fraction of sp³-hybridized carbons (Fsp3) is 0.0714. The number of rotatable bonds is 3. The lowest BCUT2D eigenvalue weighted by molar-refractivity contribution is 0.474. The van der Waals surface area contributed by atoms with Crippen LogP contribution in [0.3, 0.4) is 0 Å². The van der Waals surface area contributed by atoms with Gasteiger partial charge in [0.05, 0.1) is 11.6 Å². The monoisotopic (exact) mass is 302 g/mol. The molecule has 0 aliphatic heterocycles. The number of nitriles is 1. The van der Waals surface area contributed by atoms with E-state index in [2.05, 4.69) is 27.3 Å². The summed E-state index contributed by atoms with van der Waals surface area (Å²) in [6.45, 7) is 0.610. The van der Waals surface area contributed by atoms with Crippen molar-refractivity contribution in [1.29, 1.82) is 5.26 Å². The van der Waals surface area contributed by atoms with Crippen LogP contribution in [0.1, 0.15) is 11.1 Å². The Morgan fingerprint density at radius 1 is 1.22 bits per heavy atom. The summed E-state index contributed by atoms with van der Waals surface area (Å²) in [5, 5.41) is 21.4. The summed E-state index contributed by atoms with van der Waals surface area (Å²) >= 11 is 3.41. The quantitative estimate of drug-likeness (QED) is 0.910. The minimum atomic E-state index is 0.258. The van der Waals surface area contributed by atoms with Crippen molar-refractivity contribution < 1.29 is 5.11 Å². The summed E-state index contributed by atoms with van der Waals surface area (Å²) in [6, 6.07) is 14.6. The maximum absolute atomic E-state index is 9.36. The highest BCUT2D eigenvalue weighted by molar-refractivity contribution is 9.10. The zero-order valence-corrected chi connectivity index (χ0v) is 11.1. The molecule has 0 aliphatic carbocycles. The van der Waals surface area contributed by atoms with Crippen LogP contribution in [-0.2, 0) is 6.54 Å². The van der Waals surface area contributed by atoms with E-state index in [1.165, 1.54) is 0 Å². The zero-order valence-electron chi connectivity index (χ0n) is 9.52. The Kier molecular flexibility index (Phi) is 3.85. The summed E-state index contributed by atoms with van der Waals surface area (Å²) < 4.78 is 0.849. The number of aromatic hydroxyl groups is 1. The molecule has 0 spiro atoms. The Hall–Kier alpha value is -1.99. The molecule has 2 aromatic carbocycles. The van der Waals surface area contributed by atoms with Crippen molar-refractivity contribution in [1.82, 2.24) is 0 Å². The Bertz CT molecular complexity index is 605. The van der Waals surface area contributed by atoms with Crippen molar-refractivity contribution in [2.45, 2.75) is 6.54 Å². The lowest BCUT2D eigenvalue weighted by atomic mass is 10.2. The molecule has 2 N–H and O–H groups in total. The number of halogens is 1. The van der Waals surface area contributed by atoms with Crippen LogP contribution in [-0.4, -0.2) is 5.11 Å². The van der Waals surface area contributed by atoms with Crippen molar-refractivity contribution >= 4 is 21.6 Å². The third kappa shape index (κ3) is 3.02. The molecule has 0 fully saturated rings. The third-order valence-electron chi connectivity index (χ3n) is 2.49.